The van der Waals surface area contributed by atoms with Gasteiger partial charge in [0.05, 0.1) is 11.3 Å². The Balaban J connectivity index is 2.57. The van der Waals surface area contributed by atoms with Gasteiger partial charge < -0.3 is 5.73 Å². The van der Waals surface area contributed by atoms with Crippen molar-refractivity contribution in [3.63, 3.8) is 0 Å². The summed E-state index contributed by atoms with van der Waals surface area (Å²) < 4.78 is 38.0. The van der Waals surface area contributed by atoms with Crippen LogP contribution in [0.15, 0.2) is 24.3 Å². The van der Waals surface area contributed by atoms with Gasteiger partial charge in [0.2, 0.25) is 0 Å². The molecule has 1 heterocycles. The number of hydrogen-bond acceptors (Lipinski definition) is 3. The Labute approximate surface area is 108 Å². The van der Waals surface area contributed by atoms with Crippen LogP contribution in [0.4, 0.5) is 19.0 Å². The summed E-state index contributed by atoms with van der Waals surface area (Å²) in [5.74, 6) is 0.285. The van der Waals surface area contributed by atoms with E-state index in [1.54, 1.807) is 19.9 Å². The first-order chi connectivity index (χ1) is 8.80. The lowest BCUT2D eigenvalue weighted by Gasteiger charge is -2.11. The Bertz CT molecular complexity index is 621. The predicted octanol–water partition coefficient (Wildman–Crippen LogP) is 3.36. The molecule has 0 bridgehead atoms. The second kappa shape index (κ2) is 4.53. The van der Waals surface area contributed by atoms with E-state index < -0.39 is 11.7 Å². The van der Waals surface area contributed by atoms with Gasteiger partial charge in [-0.05, 0) is 37.1 Å². The average Bonchev–Trinajstić information content (AvgIpc) is 2.35. The molecule has 6 heteroatoms. The smallest absolute Gasteiger partial charge is 0.382 e. The number of aromatic nitrogens is 2. The Morgan fingerprint density at radius 1 is 1.05 bits per heavy atom. The number of alkyl halides is 3. The van der Waals surface area contributed by atoms with Crippen molar-refractivity contribution in [2.45, 2.75) is 20.0 Å². The van der Waals surface area contributed by atoms with Crippen molar-refractivity contribution in [3.8, 4) is 11.3 Å². The normalized spacial score (nSPS) is 11.6. The van der Waals surface area contributed by atoms with Gasteiger partial charge in [-0.2, -0.15) is 13.2 Å². The fourth-order valence-electron chi connectivity index (χ4n) is 1.74. The second-order valence-corrected chi connectivity index (χ2v) is 4.26. The van der Waals surface area contributed by atoms with Crippen LogP contribution in [0.25, 0.3) is 11.3 Å². The molecule has 0 saturated carbocycles. The van der Waals surface area contributed by atoms with E-state index in [9.17, 15) is 13.2 Å². The Kier molecular flexibility index (Phi) is 3.18. The van der Waals surface area contributed by atoms with Crippen LogP contribution in [0, 0.1) is 13.8 Å². The average molecular weight is 267 g/mol. The molecule has 0 aliphatic rings. The first kappa shape index (κ1) is 13.3. The molecule has 3 nitrogen and oxygen atoms in total. The van der Waals surface area contributed by atoms with Crippen molar-refractivity contribution in [2.75, 3.05) is 5.73 Å². The number of nitrogen functional groups attached to an aromatic ring is 1. The molecule has 0 spiro atoms. The highest BCUT2D eigenvalue weighted by Crippen LogP contribution is 2.33. The molecule has 2 rings (SSSR count). The van der Waals surface area contributed by atoms with Crippen LogP contribution in [0.2, 0.25) is 0 Å². The molecule has 19 heavy (non-hydrogen) atoms. The molecule has 0 aliphatic carbocycles. The van der Waals surface area contributed by atoms with Gasteiger partial charge in [-0.25, -0.2) is 0 Å². The summed E-state index contributed by atoms with van der Waals surface area (Å²) in [7, 11) is 0. The van der Waals surface area contributed by atoms with Crippen LogP contribution in [-0.2, 0) is 6.18 Å². The zero-order valence-electron chi connectivity index (χ0n) is 10.4. The van der Waals surface area contributed by atoms with Gasteiger partial charge in [-0.1, -0.05) is 12.1 Å². The van der Waals surface area contributed by atoms with Crippen LogP contribution < -0.4 is 5.73 Å². The molecule has 100 valence electrons. The predicted molar refractivity (Wildman–Crippen MR) is 66.4 cm³/mol. The van der Waals surface area contributed by atoms with Gasteiger partial charge in [0.15, 0.2) is 0 Å². The lowest BCUT2D eigenvalue weighted by atomic mass is 10.0. The van der Waals surface area contributed by atoms with E-state index in [0.717, 1.165) is 23.3 Å². The zero-order chi connectivity index (χ0) is 14.2. The zero-order valence-corrected chi connectivity index (χ0v) is 10.4. The molecule has 2 aromatic rings. The van der Waals surface area contributed by atoms with Crippen molar-refractivity contribution >= 4 is 5.82 Å². The minimum atomic E-state index is -4.37. The van der Waals surface area contributed by atoms with Crippen LogP contribution >= 0.6 is 0 Å². The first-order valence-corrected chi connectivity index (χ1v) is 5.57. The van der Waals surface area contributed by atoms with Crippen molar-refractivity contribution in [1.82, 2.24) is 10.2 Å². The topological polar surface area (TPSA) is 51.8 Å². The minimum Gasteiger partial charge on any atom is -0.382 e. The second-order valence-electron chi connectivity index (χ2n) is 4.26. The third-order valence-corrected chi connectivity index (χ3v) is 3.02. The number of halogens is 3. The highest BCUT2D eigenvalue weighted by Gasteiger charge is 2.30. The molecular weight excluding hydrogens is 255 g/mol. The first-order valence-electron chi connectivity index (χ1n) is 5.57. The molecule has 0 aliphatic heterocycles. The van der Waals surface area contributed by atoms with E-state index in [2.05, 4.69) is 10.2 Å². The van der Waals surface area contributed by atoms with Crippen molar-refractivity contribution in [1.29, 1.82) is 0 Å². The maximum absolute atomic E-state index is 12.7. The maximum Gasteiger partial charge on any atom is 0.416 e. The van der Waals surface area contributed by atoms with E-state index in [1.807, 2.05) is 0 Å². The molecule has 0 fully saturated rings. The molecular formula is C13H12F3N3. The number of anilines is 1. The number of rotatable bonds is 1. The van der Waals surface area contributed by atoms with Gasteiger partial charge in [0, 0.05) is 5.56 Å². The minimum absolute atomic E-state index is 0.285. The van der Waals surface area contributed by atoms with Gasteiger partial charge in [-0.15, -0.1) is 10.2 Å². The number of hydrogen-bond donors (Lipinski definition) is 1. The van der Waals surface area contributed by atoms with Crippen LogP contribution in [-0.4, -0.2) is 10.2 Å². The van der Waals surface area contributed by atoms with E-state index in [4.69, 9.17) is 5.73 Å². The molecule has 1 aromatic carbocycles. The summed E-state index contributed by atoms with van der Waals surface area (Å²) in [5, 5.41) is 7.64. The fourth-order valence-corrected chi connectivity index (χ4v) is 1.74. The number of nitrogens with two attached hydrogens (primary N) is 1. The SMILES string of the molecule is Cc1c(N)nnc(-c2cccc(C(F)(F)F)c2)c1C. The van der Waals surface area contributed by atoms with E-state index >= 15 is 0 Å². The monoisotopic (exact) mass is 267 g/mol. The highest BCUT2D eigenvalue weighted by atomic mass is 19.4. The summed E-state index contributed by atoms with van der Waals surface area (Å²) in [6.07, 6.45) is -4.37. The largest absolute Gasteiger partial charge is 0.416 e. The summed E-state index contributed by atoms with van der Waals surface area (Å²) in [4.78, 5) is 0. The number of benzene rings is 1. The summed E-state index contributed by atoms with van der Waals surface area (Å²) in [6, 6.07) is 5.01. The van der Waals surface area contributed by atoms with Gasteiger partial charge in [0.25, 0.3) is 0 Å². The highest BCUT2D eigenvalue weighted by molar-refractivity contribution is 5.66. The van der Waals surface area contributed by atoms with E-state index in [1.165, 1.54) is 6.07 Å². The molecule has 2 N–H and O–H groups in total. The standard InChI is InChI=1S/C13H12F3N3/c1-7-8(2)12(17)19-18-11(7)9-4-3-5-10(6-9)13(14,15)16/h3-6H,1-2H3,(H2,17,19). The summed E-state index contributed by atoms with van der Waals surface area (Å²) in [5.41, 5.74) is 7.15. The van der Waals surface area contributed by atoms with E-state index in [0.29, 0.717) is 11.3 Å². The third-order valence-electron chi connectivity index (χ3n) is 3.02. The van der Waals surface area contributed by atoms with Crippen molar-refractivity contribution < 1.29 is 13.2 Å². The summed E-state index contributed by atoms with van der Waals surface area (Å²) >= 11 is 0. The maximum atomic E-state index is 12.7. The van der Waals surface area contributed by atoms with Crippen molar-refractivity contribution in [2.24, 2.45) is 0 Å². The molecule has 1 aromatic heterocycles. The molecule has 0 unspecified atom stereocenters. The lowest BCUT2D eigenvalue weighted by Crippen LogP contribution is -2.06. The Morgan fingerprint density at radius 2 is 1.74 bits per heavy atom. The van der Waals surface area contributed by atoms with Crippen LogP contribution in [0.1, 0.15) is 16.7 Å². The van der Waals surface area contributed by atoms with Crippen LogP contribution in [0.3, 0.4) is 0 Å². The quantitative estimate of drug-likeness (QED) is 0.861. The van der Waals surface area contributed by atoms with Gasteiger partial charge in [0.1, 0.15) is 5.82 Å². The Morgan fingerprint density at radius 3 is 2.37 bits per heavy atom. The van der Waals surface area contributed by atoms with Gasteiger partial charge >= 0.3 is 6.18 Å². The molecule has 0 radical (unpaired) electrons. The summed E-state index contributed by atoms with van der Waals surface area (Å²) in [6.45, 7) is 3.52. The number of nitrogens with zero attached hydrogens (tertiary/aromatic N) is 2. The Hall–Kier alpha value is -2.11. The molecule has 0 amide bonds. The molecule has 0 saturated heterocycles. The van der Waals surface area contributed by atoms with E-state index in [-0.39, 0.29) is 5.82 Å². The lowest BCUT2D eigenvalue weighted by molar-refractivity contribution is -0.137. The molecule has 0 atom stereocenters. The third kappa shape index (κ3) is 2.52. The van der Waals surface area contributed by atoms with Gasteiger partial charge in [-0.3, -0.25) is 0 Å². The fraction of sp³-hybridized carbons (Fsp3) is 0.231. The van der Waals surface area contributed by atoms with Crippen LogP contribution in [0.5, 0.6) is 0 Å². The van der Waals surface area contributed by atoms with Crippen molar-refractivity contribution in [3.05, 3.63) is 41.0 Å².